The van der Waals surface area contributed by atoms with Crippen LogP contribution in [0.1, 0.15) is 0 Å². The summed E-state index contributed by atoms with van der Waals surface area (Å²) in [5.74, 6) is -0.628. The average molecular weight is 266 g/mol. The molecule has 0 saturated heterocycles. The van der Waals surface area contributed by atoms with Gasteiger partial charge in [0, 0.05) is 0 Å². The van der Waals surface area contributed by atoms with E-state index in [9.17, 15) is 25.9 Å². The molecule has 0 saturated carbocycles. The Kier molecular flexibility index (Phi) is 7.15. The van der Waals surface area contributed by atoms with Crippen molar-refractivity contribution in [3.8, 4) is 5.75 Å². The van der Waals surface area contributed by atoms with E-state index in [4.69, 9.17) is 5.11 Å². The smallest absolute Gasteiger partial charge is 0.744 e. The molecule has 84 valence electrons. The molecule has 0 atom stereocenters. The van der Waals surface area contributed by atoms with Crippen molar-refractivity contribution in [2.45, 2.75) is 9.79 Å². The van der Waals surface area contributed by atoms with E-state index in [1.165, 1.54) is 0 Å². The predicted molar refractivity (Wildman–Crippen MR) is 44.0 cm³/mol. The van der Waals surface area contributed by atoms with E-state index < -0.39 is 35.8 Å². The Labute approximate surface area is 122 Å². The zero-order valence-corrected chi connectivity index (χ0v) is 10.6. The molecule has 0 spiro atoms. The minimum atomic E-state index is -5.13. The summed E-state index contributed by atoms with van der Waals surface area (Å²) in [6.07, 6.45) is 0. The predicted octanol–water partition coefficient (Wildman–Crippen LogP) is -6.79. The van der Waals surface area contributed by atoms with E-state index in [0.717, 1.165) is 6.07 Å². The fourth-order valence-corrected chi connectivity index (χ4v) is 2.63. The van der Waals surface area contributed by atoms with Crippen LogP contribution in [0.25, 0.3) is 0 Å². The van der Waals surface area contributed by atoms with Gasteiger partial charge in [-0.2, -0.15) is 0 Å². The normalized spacial score (nSPS) is 11.2. The van der Waals surface area contributed by atoms with Gasteiger partial charge in [0.1, 0.15) is 26.0 Å². The number of benzene rings is 1. The summed E-state index contributed by atoms with van der Waals surface area (Å²) < 4.78 is 63.5. The number of phenolic OH excluding ortho intramolecular Hbond substituents is 1. The Morgan fingerprint density at radius 1 is 0.882 bits per heavy atom. The van der Waals surface area contributed by atoms with Gasteiger partial charge in [-0.1, -0.05) is 0 Å². The molecule has 1 N–H and O–H groups in total. The molecule has 0 aliphatic heterocycles. The molecule has 1 aromatic carbocycles. The van der Waals surface area contributed by atoms with Crippen LogP contribution in [0.15, 0.2) is 28.0 Å². The Morgan fingerprint density at radius 3 is 1.65 bits per heavy atom. The Hall–Kier alpha value is 0.0348. The fourth-order valence-electron chi connectivity index (χ4n) is 0.899. The minimum absolute atomic E-state index is 0. The van der Waals surface area contributed by atoms with Crippen LogP contribution in [-0.4, -0.2) is 31.0 Å². The van der Waals surface area contributed by atoms with Crippen LogP contribution >= 0.6 is 0 Å². The van der Waals surface area contributed by atoms with Crippen molar-refractivity contribution < 1.29 is 68.8 Å². The van der Waals surface area contributed by atoms with Gasteiger partial charge in [0.25, 0.3) is 0 Å². The van der Waals surface area contributed by atoms with E-state index in [0.29, 0.717) is 12.1 Å². The number of phenols is 1. The summed E-state index contributed by atoms with van der Waals surface area (Å²) in [6, 6.07) is 1.76. The number of aromatic hydroxyl groups is 1. The van der Waals surface area contributed by atoms with Crippen molar-refractivity contribution in [3.63, 3.8) is 0 Å². The first kappa shape index (κ1) is 19.4. The Morgan fingerprint density at radius 2 is 1.29 bits per heavy atom. The van der Waals surface area contributed by atoms with Crippen molar-refractivity contribution in [3.05, 3.63) is 18.2 Å². The largest absolute Gasteiger partial charge is 1.00 e. The number of hydrogen-bond donors (Lipinski definition) is 1. The molecule has 0 heterocycles. The summed E-state index contributed by atoms with van der Waals surface area (Å²) in [5, 5.41) is 8.87. The monoisotopic (exact) mass is 266 g/mol. The SMILES string of the molecule is O=S(=O)([O-])c1ccc(O)cc1S(=O)(=O)[O-].[Li+].[Li+]. The van der Waals surface area contributed by atoms with Gasteiger partial charge in [-0.15, -0.1) is 0 Å². The molecular weight excluding hydrogens is 262 g/mol. The van der Waals surface area contributed by atoms with E-state index in [-0.39, 0.29) is 37.7 Å². The third-order valence-corrected chi connectivity index (χ3v) is 3.37. The quantitative estimate of drug-likeness (QED) is 0.415. The molecular formula is C6H4Li2O7S2. The van der Waals surface area contributed by atoms with Crippen molar-refractivity contribution >= 4 is 20.2 Å². The Bertz CT molecular complexity index is 593. The van der Waals surface area contributed by atoms with E-state index in [1.807, 2.05) is 0 Å². The molecule has 0 aliphatic carbocycles. The zero-order valence-electron chi connectivity index (χ0n) is 8.95. The third kappa shape index (κ3) is 5.04. The van der Waals surface area contributed by atoms with Crippen LogP contribution in [0.2, 0.25) is 0 Å². The van der Waals surface area contributed by atoms with Crippen molar-refractivity contribution in [2.24, 2.45) is 0 Å². The maximum absolute atomic E-state index is 10.6. The molecule has 0 radical (unpaired) electrons. The molecule has 1 rings (SSSR count). The molecule has 0 aliphatic rings. The second kappa shape index (κ2) is 6.27. The standard InChI is InChI=1S/C6H6O7S2.2Li/c7-4-1-2-5(14(8,9)10)6(3-4)15(11,12)13;;/h1-3,7H,(H,8,9,10)(H,11,12,13);;/q;2*+1/p-2. The summed E-state index contributed by atoms with van der Waals surface area (Å²) in [6.45, 7) is 0. The topological polar surface area (TPSA) is 135 Å². The molecule has 0 fully saturated rings. The molecule has 0 unspecified atom stereocenters. The molecule has 11 heteroatoms. The second-order valence-electron chi connectivity index (χ2n) is 2.54. The fraction of sp³-hybridized carbons (Fsp3) is 0. The summed E-state index contributed by atoms with van der Waals surface area (Å²) >= 11 is 0. The van der Waals surface area contributed by atoms with Crippen LogP contribution in [0.3, 0.4) is 0 Å². The Balaban J connectivity index is 0. The van der Waals surface area contributed by atoms with Gasteiger partial charge in [-0.3, -0.25) is 0 Å². The number of hydrogen-bond acceptors (Lipinski definition) is 7. The first-order chi connectivity index (χ1) is 6.62. The van der Waals surface area contributed by atoms with Crippen LogP contribution in [0, 0.1) is 0 Å². The van der Waals surface area contributed by atoms with Crippen LogP contribution in [0.4, 0.5) is 0 Å². The first-order valence-electron chi connectivity index (χ1n) is 3.37. The summed E-state index contributed by atoms with van der Waals surface area (Å²) in [5.41, 5.74) is 0. The van der Waals surface area contributed by atoms with Gasteiger partial charge in [0.15, 0.2) is 0 Å². The maximum atomic E-state index is 10.6. The van der Waals surface area contributed by atoms with Crippen molar-refractivity contribution in [1.29, 1.82) is 0 Å². The van der Waals surface area contributed by atoms with Crippen LogP contribution in [-0.2, 0) is 20.2 Å². The molecule has 0 aromatic heterocycles. The van der Waals surface area contributed by atoms with Crippen molar-refractivity contribution in [1.82, 2.24) is 0 Å². The van der Waals surface area contributed by atoms with Gasteiger partial charge < -0.3 is 14.2 Å². The summed E-state index contributed by atoms with van der Waals surface area (Å²) in [7, 11) is -10.2. The molecule has 17 heavy (non-hydrogen) atoms. The van der Waals surface area contributed by atoms with Gasteiger partial charge in [0.2, 0.25) is 0 Å². The van der Waals surface area contributed by atoms with Gasteiger partial charge in [-0.05, 0) is 18.2 Å². The minimum Gasteiger partial charge on any atom is -0.744 e. The molecule has 7 nitrogen and oxygen atoms in total. The third-order valence-electron chi connectivity index (χ3n) is 1.47. The first-order valence-corrected chi connectivity index (χ1v) is 6.19. The maximum Gasteiger partial charge on any atom is 1.00 e. The van der Waals surface area contributed by atoms with E-state index in [1.54, 1.807) is 0 Å². The van der Waals surface area contributed by atoms with Gasteiger partial charge in [0.05, 0.1) is 9.79 Å². The average Bonchev–Trinajstić information content (AvgIpc) is 2.00. The van der Waals surface area contributed by atoms with Crippen LogP contribution < -0.4 is 37.7 Å². The number of rotatable bonds is 2. The second-order valence-corrected chi connectivity index (χ2v) is 5.24. The van der Waals surface area contributed by atoms with Gasteiger partial charge >= 0.3 is 37.7 Å². The molecule has 0 bridgehead atoms. The van der Waals surface area contributed by atoms with Crippen LogP contribution in [0.5, 0.6) is 5.75 Å². The molecule has 1 aromatic rings. The van der Waals surface area contributed by atoms with Gasteiger partial charge in [-0.25, -0.2) is 16.8 Å². The van der Waals surface area contributed by atoms with E-state index in [2.05, 4.69) is 0 Å². The molecule has 0 amide bonds. The zero-order chi connectivity index (χ0) is 11.9. The van der Waals surface area contributed by atoms with E-state index >= 15 is 0 Å². The summed E-state index contributed by atoms with van der Waals surface area (Å²) in [4.78, 5) is -2.42. The van der Waals surface area contributed by atoms with Crippen molar-refractivity contribution in [2.75, 3.05) is 0 Å².